The van der Waals surface area contributed by atoms with Crippen LogP contribution in [0.3, 0.4) is 0 Å². The standard InChI is InChI=1S/C29H35Cl2N5O4S/c1-17(37)40-12-6-7-20-21-9-10-22(31)25(27(21)35(3)28(20)29(38)39-4)26-23(34-36-11-5-8-24(26)36)16-41-15-18(32)13-19(14-30)33-2/h9-10,13H,5-8,11-12,14-16,32H2,1-4H3. The minimum Gasteiger partial charge on any atom is -0.466 e. The minimum atomic E-state index is -0.432. The number of aliphatic imine (C=N–C) groups is 1. The third kappa shape index (κ3) is 6.60. The number of hydrogen-bond donors (Lipinski definition) is 1. The molecule has 0 bridgehead atoms. The van der Waals surface area contributed by atoms with E-state index in [4.69, 9.17) is 43.5 Å². The number of alkyl halides is 1. The fourth-order valence-electron chi connectivity index (χ4n) is 5.37. The van der Waals surface area contributed by atoms with Gasteiger partial charge in [0, 0.05) is 67.0 Å². The Bertz CT molecular complexity index is 1530. The number of methoxy groups -OCH3 is 1. The molecule has 0 fully saturated rings. The number of nitrogens with two attached hydrogens (primary N) is 1. The largest absolute Gasteiger partial charge is 0.466 e. The highest BCUT2D eigenvalue weighted by Crippen LogP contribution is 2.44. The Morgan fingerprint density at radius 1 is 1.29 bits per heavy atom. The van der Waals surface area contributed by atoms with Crippen LogP contribution in [-0.2, 0) is 46.5 Å². The second kappa shape index (κ2) is 13.8. The van der Waals surface area contributed by atoms with Crippen LogP contribution in [0.2, 0.25) is 5.02 Å². The van der Waals surface area contributed by atoms with E-state index in [-0.39, 0.29) is 12.6 Å². The third-order valence-electron chi connectivity index (χ3n) is 7.11. The first kappa shape index (κ1) is 31.0. The Kier molecular flexibility index (Phi) is 10.4. The lowest BCUT2D eigenvalue weighted by Gasteiger charge is -2.12. The summed E-state index contributed by atoms with van der Waals surface area (Å²) < 4.78 is 14.3. The molecular formula is C29H35Cl2N5O4S. The number of allylic oxidation sites excluding steroid dienone is 1. The van der Waals surface area contributed by atoms with Crippen LogP contribution in [0.4, 0.5) is 0 Å². The Labute approximate surface area is 254 Å². The van der Waals surface area contributed by atoms with Gasteiger partial charge in [-0.3, -0.25) is 14.5 Å². The molecule has 3 aromatic rings. The van der Waals surface area contributed by atoms with Crippen molar-refractivity contribution in [3.8, 4) is 11.1 Å². The fraction of sp³-hybridized carbons (Fsp3) is 0.448. The summed E-state index contributed by atoms with van der Waals surface area (Å²) in [5, 5.41) is 6.47. The van der Waals surface area contributed by atoms with Gasteiger partial charge in [-0.25, -0.2) is 4.79 Å². The van der Waals surface area contributed by atoms with Gasteiger partial charge < -0.3 is 19.8 Å². The fourth-order valence-corrected chi connectivity index (χ4v) is 6.63. The maximum atomic E-state index is 13.0. The summed E-state index contributed by atoms with van der Waals surface area (Å²) in [5.74, 6) is 0.760. The highest BCUT2D eigenvalue weighted by molar-refractivity contribution is 7.98. The Morgan fingerprint density at radius 3 is 2.76 bits per heavy atom. The van der Waals surface area contributed by atoms with Crippen molar-refractivity contribution in [3.05, 3.63) is 51.6 Å². The Hall–Kier alpha value is -2.95. The van der Waals surface area contributed by atoms with E-state index in [1.165, 1.54) is 14.0 Å². The summed E-state index contributed by atoms with van der Waals surface area (Å²) in [4.78, 5) is 28.4. The van der Waals surface area contributed by atoms with Gasteiger partial charge in [0.1, 0.15) is 5.69 Å². The summed E-state index contributed by atoms with van der Waals surface area (Å²) in [6.45, 7) is 2.49. The third-order valence-corrected chi connectivity index (χ3v) is 8.72. The molecule has 2 aromatic heterocycles. The number of thioether (sulfide) groups is 1. The van der Waals surface area contributed by atoms with E-state index in [1.54, 1.807) is 18.8 Å². The average Bonchev–Trinajstić information content (AvgIpc) is 3.61. The number of benzene rings is 1. The molecule has 0 amide bonds. The quantitative estimate of drug-likeness (QED) is 0.126. The van der Waals surface area contributed by atoms with Crippen LogP contribution in [0.25, 0.3) is 22.0 Å². The zero-order chi connectivity index (χ0) is 29.7. The predicted molar refractivity (Wildman–Crippen MR) is 166 cm³/mol. The smallest absolute Gasteiger partial charge is 0.354 e. The lowest BCUT2D eigenvalue weighted by atomic mass is 9.97. The van der Waals surface area contributed by atoms with Crippen LogP contribution in [-0.4, -0.2) is 64.4 Å². The molecule has 0 spiro atoms. The van der Waals surface area contributed by atoms with Gasteiger partial charge >= 0.3 is 11.9 Å². The zero-order valence-electron chi connectivity index (χ0n) is 23.8. The number of carbonyl (C=O) groups excluding carboxylic acids is 2. The molecule has 1 aliphatic rings. The number of esters is 2. The van der Waals surface area contributed by atoms with Crippen LogP contribution in [0.1, 0.15) is 47.2 Å². The number of ether oxygens (including phenoxy) is 2. The van der Waals surface area contributed by atoms with Crippen LogP contribution in [0, 0.1) is 0 Å². The maximum absolute atomic E-state index is 13.0. The first-order valence-corrected chi connectivity index (χ1v) is 15.4. The summed E-state index contributed by atoms with van der Waals surface area (Å²) >= 11 is 14.5. The van der Waals surface area contributed by atoms with E-state index in [2.05, 4.69) is 9.67 Å². The lowest BCUT2D eigenvalue weighted by molar-refractivity contribution is -0.141. The van der Waals surface area contributed by atoms with E-state index >= 15 is 0 Å². The predicted octanol–water partition coefficient (Wildman–Crippen LogP) is 5.31. The van der Waals surface area contributed by atoms with Crippen molar-refractivity contribution < 1.29 is 19.1 Å². The van der Waals surface area contributed by atoms with Gasteiger partial charge in [0.15, 0.2) is 0 Å². The van der Waals surface area contributed by atoms with Gasteiger partial charge in [-0.1, -0.05) is 17.7 Å². The van der Waals surface area contributed by atoms with Crippen LogP contribution < -0.4 is 5.73 Å². The summed E-state index contributed by atoms with van der Waals surface area (Å²) in [7, 11) is 4.93. The van der Waals surface area contributed by atoms with E-state index < -0.39 is 5.97 Å². The number of aromatic nitrogens is 3. The molecule has 1 aromatic carbocycles. The second-order valence-corrected chi connectivity index (χ2v) is 11.5. The first-order chi connectivity index (χ1) is 19.7. The van der Waals surface area contributed by atoms with Crippen LogP contribution in [0.15, 0.2) is 28.9 Å². The zero-order valence-corrected chi connectivity index (χ0v) is 26.1. The molecule has 0 radical (unpaired) electrons. The molecule has 2 N–H and O–H groups in total. The van der Waals surface area contributed by atoms with Gasteiger partial charge in [0.25, 0.3) is 0 Å². The normalized spacial score (nSPS) is 13.6. The molecule has 0 atom stereocenters. The van der Waals surface area contributed by atoms with Gasteiger partial charge in [-0.15, -0.1) is 23.4 Å². The lowest BCUT2D eigenvalue weighted by Crippen LogP contribution is -2.11. The van der Waals surface area contributed by atoms with Crippen molar-refractivity contribution in [1.29, 1.82) is 0 Å². The van der Waals surface area contributed by atoms with E-state index in [0.717, 1.165) is 64.1 Å². The molecule has 220 valence electrons. The summed E-state index contributed by atoms with van der Waals surface area (Å²) in [6, 6.07) is 3.83. The number of aryl methyl sites for hydroxylation is 3. The van der Waals surface area contributed by atoms with E-state index in [9.17, 15) is 9.59 Å². The molecular weight excluding hydrogens is 585 g/mol. The Morgan fingerprint density at radius 2 is 2.07 bits per heavy atom. The highest BCUT2D eigenvalue weighted by atomic mass is 35.5. The van der Waals surface area contributed by atoms with Crippen molar-refractivity contribution in [2.45, 2.75) is 44.9 Å². The topological polar surface area (TPSA) is 114 Å². The molecule has 0 unspecified atom stereocenters. The SMILES string of the molecule is CN=C(C=C(N)CSCc1nn2c(c1-c1c(Cl)ccc3c(CCCOC(C)=O)c(C(=O)OC)n(C)c13)CCC2)CCl. The second-order valence-electron chi connectivity index (χ2n) is 9.80. The number of nitrogens with zero attached hydrogens (tertiary/aromatic N) is 4. The molecule has 0 saturated carbocycles. The molecule has 3 heterocycles. The highest BCUT2D eigenvalue weighted by Gasteiger charge is 2.30. The molecule has 4 rings (SSSR count). The van der Waals surface area contributed by atoms with Crippen molar-refractivity contribution in [1.82, 2.24) is 14.3 Å². The number of halogens is 2. The molecule has 0 aliphatic carbocycles. The van der Waals surface area contributed by atoms with Crippen molar-refractivity contribution in [2.75, 3.05) is 32.4 Å². The molecule has 0 saturated heterocycles. The molecule has 41 heavy (non-hydrogen) atoms. The first-order valence-electron chi connectivity index (χ1n) is 13.4. The number of carbonyl (C=O) groups is 2. The number of rotatable bonds is 12. The summed E-state index contributed by atoms with van der Waals surface area (Å²) in [5.41, 5.74) is 13.7. The van der Waals surface area contributed by atoms with Gasteiger partial charge in [-0.2, -0.15) is 5.10 Å². The molecule has 1 aliphatic heterocycles. The Balaban J connectivity index is 1.79. The van der Waals surface area contributed by atoms with Gasteiger partial charge in [0.2, 0.25) is 0 Å². The molecule has 9 nitrogen and oxygen atoms in total. The minimum absolute atomic E-state index is 0.263. The van der Waals surface area contributed by atoms with E-state index in [0.29, 0.717) is 46.6 Å². The number of fused-ring (bicyclic) bond motifs is 2. The van der Waals surface area contributed by atoms with Crippen LogP contribution in [0.5, 0.6) is 0 Å². The monoisotopic (exact) mass is 619 g/mol. The van der Waals surface area contributed by atoms with Crippen molar-refractivity contribution in [3.63, 3.8) is 0 Å². The van der Waals surface area contributed by atoms with Crippen molar-refractivity contribution in [2.24, 2.45) is 17.8 Å². The van der Waals surface area contributed by atoms with Crippen LogP contribution >= 0.6 is 35.0 Å². The summed E-state index contributed by atoms with van der Waals surface area (Å²) in [6.07, 6.45) is 4.80. The number of hydrogen-bond acceptors (Lipinski definition) is 8. The van der Waals surface area contributed by atoms with E-state index in [1.807, 2.05) is 29.8 Å². The maximum Gasteiger partial charge on any atom is 0.354 e. The van der Waals surface area contributed by atoms with Gasteiger partial charge in [-0.05, 0) is 43.4 Å². The van der Waals surface area contributed by atoms with Crippen molar-refractivity contribution >= 4 is 63.5 Å². The average molecular weight is 621 g/mol. The molecule has 12 heteroatoms. The van der Waals surface area contributed by atoms with Gasteiger partial charge in [0.05, 0.1) is 41.5 Å².